The number of nitrogens with zero attached hydrogens (tertiary/aromatic N) is 4. The molecule has 3 aromatic heterocycles. The van der Waals surface area contributed by atoms with Crippen LogP contribution < -0.4 is 0 Å². The van der Waals surface area contributed by atoms with Crippen LogP contribution in [-0.4, -0.2) is 19.1 Å². The fourth-order valence-corrected chi connectivity index (χ4v) is 8.12. The van der Waals surface area contributed by atoms with Crippen molar-refractivity contribution in [2.24, 2.45) is 0 Å². The van der Waals surface area contributed by atoms with Crippen LogP contribution in [0.3, 0.4) is 0 Å². The Bertz CT molecular complexity index is 3140. The van der Waals surface area contributed by atoms with Crippen molar-refractivity contribution in [2.45, 2.75) is 0 Å². The predicted molar refractivity (Wildman–Crippen MR) is 209 cm³/mol. The summed E-state index contributed by atoms with van der Waals surface area (Å²) in [5.41, 5.74) is 8.65. The summed E-state index contributed by atoms with van der Waals surface area (Å²) in [6.45, 7) is 0. The first-order chi connectivity index (χ1) is 24.8. The van der Waals surface area contributed by atoms with Gasteiger partial charge >= 0.3 is 0 Å². The number of aromatic nitrogens is 4. The normalized spacial score (nSPS) is 12.0. The molecule has 0 amide bonds. The highest BCUT2D eigenvalue weighted by Gasteiger charge is 2.20. The molecule has 0 spiro atoms. The summed E-state index contributed by atoms with van der Waals surface area (Å²) < 4.78 is 4.65. The first-order valence-corrected chi connectivity index (χ1v) is 17.0. The van der Waals surface area contributed by atoms with Gasteiger partial charge in [-0.05, 0) is 70.1 Å². The molecule has 8 aromatic carbocycles. The third kappa shape index (κ3) is 3.81. The van der Waals surface area contributed by atoms with Gasteiger partial charge in [0.25, 0.3) is 0 Å². The lowest BCUT2D eigenvalue weighted by Gasteiger charge is -2.12. The Morgan fingerprint density at radius 2 is 1.00 bits per heavy atom. The van der Waals surface area contributed by atoms with Crippen LogP contribution in [-0.2, 0) is 0 Å². The van der Waals surface area contributed by atoms with Crippen LogP contribution in [0.2, 0.25) is 0 Å². The molecule has 0 bridgehead atoms. The average Bonchev–Trinajstić information content (AvgIpc) is 3.69. The zero-order chi connectivity index (χ0) is 32.8. The van der Waals surface area contributed by atoms with Gasteiger partial charge in [0.05, 0.1) is 33.3 Å². The molecule has 50 heavy (non-hydrogen) atoms. The van der Waals surface area contributed by atoms with Crippen molar-refractivity contribution in [3.8, 4) is 22.9 Å². The van der Waals surface area contributed by atoms with Crippen molar-refractivity contribution in [3.05, 3.63) is 170 Å². The van der Waals surface area contributed by atoms with Gasteiger partial charge in [-0.25, -0.2) is 9.97 Å². The molecule has 0 N–H and O–H groups in total. The molecular formula is C46H28N4. The monoisotopic (exact) mass is 636 g/mol. The molecule has 4 nitrogen and oxygen atoms in total. The first-order valence-electron chi connectivity index (χ1n) is 17.0. The van der Waals surface area contributed by atoms with Crippen molar-refractivity contribution in [2.75, 3.05) is 0 Å². The van der Waals surface area contributed by atoms with E-state index in [9.17, 15) is 0 Å². The minimum absolute atomic E-state index is 0.666. The molecule has 0 aliphatic rings. The highest BCUT2D eigenvalue weighted by atomic mass is 15.2. The Labute approximate surface area is 287 Å². The van der Waals surface area contributed by atoms with E-state index in [0.717, 1.165) is 38.9 Å². The van der Waals surface area contributed by atoms with Crippen LogP contribution in [0.25, 0.3) is 99.0 Å². The molecule has 0 fully saturated rings. The molecule has 11 rings (SSSR count). The molecule has 232 valence electrons. The third-order valence-corrected chi connectivity index (χ3v) is 10.3. The summed E-state index contributed by atoms with van der Waals surface area (Å²) in [6.07, 6.45) is 0. The average molecular weight is 637 g/mol. The lowest BCUT2D eigenvalue weighted by atomic mass is 9.96. The molecule has 3 heterocycles. The largest absolute Gasteiger partial charge is 0.309 e. The summed E-state index contributed by atoms with van der Waals surface area (Å²) in [5.74, 6) is 0.666. The summed E-state index contributed by atoms with van der Waals surface area (Å²) >= 11 is 0. The van der Waals surface area contributed by atoms with E-state index < -0.39 is 0 Å². The Morgan fingerprint density at radius 3 is 1.82 bits per heavy atom. The minimum Gasteiger partial charge on any atom is -0.309 e. The van der Waals surface area contributed by atoms with E-state index >= 15 is 0 Å². The SMILES string of the molecule is c1ccc(-c2nc(-n3c4ccccc4c4cc5ccc6ccc7c(c8ccccc8n7-c7ccccc7)c6c5cc43)nc3ccccc23)cc1. The number of hydrogen-bond donors (Lipinski definition) is 0. The van der Waals surface area contributed by atoms with Crippen LogP contribution >= 0.6 is 0 Å². The maximum atomic E-state index is 5.33. The van der Waals surface area contributed by atoms with Crippen molar-refractivity contribution < 1.29 is 0 Å². The number of benzene rings is 8. The van der Waals surface area contributed by atoms with Crippen molar-refractivity contribution in [3.63, 3.8) is 0 Å². The van der Waals surface area contributed by atoms with Gasteiger partial charge < -0.3 is 4.57 Å². The van der Waals surface area contributed by atoms with Gasteiger partial charge in [0.1, 0.15) is 0 Å². The van der Waals surface area contributed by atoms with Gasteiger partial charge in [0.2, 0.25) is 5.95 Å². The molecule has 0 aliphatic heterocycles. The summed E-state index contributed by atoms with van der Waals surface area (Å²) in [4.78, 5) is 10.6. The Kier molecular flexibility index (Phi) is 5.63. The molecule has 0 saturated carbocycles. The van der Waals surface area contributed by atoms with Gasteiger partial charge in [-0.3, -0.25) is 4.57 Å². The van der Waals surface area contributed by atoms with E-state index in [4.69, 9.17) is 9.97 Å². The number of rotatable bonds is 3. The van der Waals surface area contributed by atoms with Gasteiger partial charge in [0, 0.05) is 38.2 Å². The highest BCUT2D eigenvalue weighted by Crippen LogP contribution is 2.42. The van der Waals surface area contributed by atoms with Gasteiger partial charge in [-0.1, -0.05) is 121 Å². The van der Waals surface area contributed by atoms with E-state index in [0.29, 0.717) is 5.95 Å². The van der Waals surface area contributed by atoms with Crippen LogP contribution in [0.4, 0.5) is 0 Å². The second-order valence-corrected chi connectivity index (χ2v) is 13.0. The van der Waals surface area contributed by atoms with E-state index in [1.165, 1.54) is 54.1 Å². The highest BCUT2D eigenvalue weighted by molar-refractivity contribution is 6.30. The second-order valence-electron chi connectivity index (χ2n) is 13.0. The lowest BCUT2D eigenvalue weighted by Crippen LogP contribution is -2.03. The molecule has 0 aliphatic carbocycles. The Balaban J connectivity index is 1.29. The lowest BCUT2D eigenvalue weighted by molar-refractivity contribution is 1.01. The van der Waals surface area contributed by atoms with Crippen molar-refractivity contribution in [1.82, 2.24) is 19.1 Å². The summed E-state index contributed by atoms with van der Waals surface area (Å²) in [5, 5.41) is 10.8. The molecule has 0 saturated heterocycles. The molecular weight excluding hydrogens is 609 g/mol. The first kappa shape index (κ1) is 27.2. The van der Waals surface area contributed by atoms with Gasteiger partial charge in [-0.2, -0.15) is 0 Å². The fraction of sp³-hybridized carbons (Fsp3) is 0. The zero-order valence-corrected chi connectivity index (χ0v) is 27.0. The smallest absolute Gasteiger partial charge is 0.235 e. The molecule has 0 unspecified atom stereocenters. The molecule has 0 atom stereocenters. The van der Waals surface area contributed by atoms with Crippen LogP contribution in [0.15, 0.2) is 170 Å². The van der Waals surface area contributed by atoms with Gasteiger partial charge in [0.15, 0.2) is 0 Å². The Hall–Kier alpha value is -6.78. The molecule has 11 aromatic rings. The third-order valence-electron chi connectivity index (χ3n) is 10.3. The zero-order valence-electron chi connectivity index (χ0n) is 27.0. The van der Waals surface area contributed by atoms with E-state index in [-0.39, 0.29) is 0 Å². The maximum absolute atomic E-state index is 5.33. The van der Waals surface area contributed by atoms with Crippen molar-refractivity contribution >= 4 is 76.1 Å². The standard InChI is InChI=1S/C46H28N4/c1-3-13-30(14-4-1)45-34-18-7-10-20-38(34)47-46(48-45)50-39-21-11-8-17-33(39)37-27-31-24-23-29-25-26-41-44(43(29)36(31)28-42(37)50)35-19-9-12-22-40(35)49(41)32-15-5-2-6-16-32/h1-28H. The van der Waals surface area contributed by atoms with E-state index in [2.05, 4.69) is 173 Å². The van der Waals surface area contributed by atoms with Crippen LogP contribution in [0.5, 0.6) is 0 Å². The summed E-state index contributed by atoms with van der Waals surface area (Å²) in [7, 11) is 0. The second kappa shape index (κ2) is 10.4. The molecule has 4 heteroatoms. The van der Waals surface area contributed by atoms with Crippen LogP contribution in [0, 0.1) is 0 Å². The van der Waals surface area contributed by atoms with Crippen LogP contribution in [0.1, 0.15) is 0 Å². The molecule has 0 radical (unpaired) electrons. The fourth-order valence-electron chi connectivity index (χ4n) is 8.12. The quantitative estimate of drug-likeness (QED) is 0.181. The number of hydrogen-bond acceptors (Lipinski definition) is 2. The minimum atomic E-state index is 0.666. The summed E-state index contributed by atoms with van der Waals surface area (Å²) in [6, 6.07) is 60.7. The predicted octanol–water partition coefficient (Wildman–Crippen LogP) is 11.8. The topological polar surface area (TPSA) is 35.6 Å². The number of para-hydroxylation sites is 4. The van der Waals surface area contributed by atoms with Crippen molar-refractivity contribution in [1.29, 1.82) is 0 Å². The van der Waals surface area contributed by atoms with Gasteiger partial charge in [-0.15, -0.1) is 0 Å². The van der Waals surface area contributed by atoms with E-state index in [1.807, 2.05) is 6.07 Å². The maximum Gasteiger partial charge on any atom is 0.235 e. The number of fused-ring (bicyclic) bond motifs is 11. The van der Waals surface area contributed by atoms with E-state index in [1.54, 1.807) is 0 Å². The Morgan fingerprint density at radius 1 is 0.360 bits per heavy atom.